The van der Waals surface area contributed by atoms with Crippen LogP contribution in [0.4, 0.5) is 0 Å². The van der Waals surface area contributed by atoms with E-state index in [-0.39, 0.29) is 0 Å². The summed E-state index contributed by atoms with van der Waals surface area (Å²) in [5.74, 6) is 2.13. The molecule has 0 aromatic heterocycles. The predicted octanol–water partition coefficient (Wildman–Crippen LogP) is 3.67. The molecule has 1 saturated heterocycles. The van der Waals surface area contributed by atoms with Gasteiger partial charge in [-0.15, -0.1) is 0 Å². The minimum atomic E-state index is -0.917. The van der Waals surface area contributed by atoms with Crippen LogP contribution >= 0.6 is 8.53 Å². The Labute approximate surface area is 125 Å². The Hall–Kier alpha value is 0.270. The van der Waals surface area contributed by atoms with Crippen LogP contribution in [0.2, 0.25) is 0 Å². The van der Waals surface area contributed by atoms with E-state index in [4.69, 9.17) is 13.8 Å². The second-order valence-electron chi connectivity index (χ2n) is 6.46. The van der Waals surface area contributed by atoms with Crippen molar-refractivity contribution in [3.8, 4) is 0 Å². The van der Waals surface area contributed by atoms with E-state index in [0.717, 1.165) is 32.2 Å². The van der Waals surface area contributed by atoms with Crippen molar-refractivity contribution in [2.45, 2.75) is 46.1 Å². The van der Waals surface area contributed by atoms with Gasteiger partial charge < -0.3 is 13.8 Å². The van der Waals surface area contributed by atoms with Crippen LogP contribution in [0, 0.1) is 17.8 Å². The van der Waals surface area contributed by atoms with Gasteiger partial charge in [0, 0.05) is 20.2 Å². The first kappa shape index (κ1) is 16.6. The molecule has 1 heterocycles. The molecule has 0 aromatic rings. The van der Waals surface area contributed by atoms with E-state index in [1.807, 2.05) is 0 Å². The van der Waals surface area contributed by atoms with Crippen molar-refractivity contribution in [1.29, 1.82) is 0 Å². The van der Waals surface area contributed by atoms with Gasteiger partial charge in [-0.2, -0.15) is 0 Å². The van der Waals surface area contributed by atoms with Crippen molar-refractivity contribution < 1.29 is 13.8 Å². The smallest absolute Gasteiger partial charge is 0.258 e. The highest BCUT2D eigenvalue weighted by Gasteiger charge is 2.35. The summed E-state index contributed by atoms with van der Waals surface area (Å²) in [6, 6.07) is 0. The fourth-order valence-corrected chi connectivity index (χ4v) is 4.71. The lowest BCUT2D eigenvalue weighted by Crippen LogP contribution is -2.37. The van der Waals surface area contributed by atoms with Crippen molar-refractivity contribution in [2.24, 2.45) is 17.8 Å². The van der Waals surface area contributed by atoms with Crippen LogP contribution in [0.15, 0.2) is 0 Å². The molecule has 2 fully saturated rings. The summed E-state index contributed by atoms with van der Waals surface area (Å²) in [6.45, 7) is 10.4. The maximum absolute atomic E-state index is 6.44. The highest BCUT2D eigenvalue weighted by Crippen LogP contribution is 2.48. The fraction of sp³-hybridized carbons (Fsp3) is 1.00. The number of ether oxygens (including phenoxy) is 1. The largest absolute Gasteiger partial charge is 0.379 e. The third kappa shape index (κ3) is 4.38. The quantitative estimate of drug-likeness (QED) is 0.725. The molecule has 0 aromatic carbocycles. The summed E-state index contributed by atoms with van der Waals surface area (Å²) in [4.78, 5) is 0. The van der Waals surface area contributed by atoms with E-state index in [1.165, 1.54) is 19.3 Å². The lowest BCUT2D eigenvalue weighted by molar-refractivity contribution is 0.0213. The second kappa shape index (κ2) is 8.05. The minimum Gasteiger partial charge on any atom is -0.379 e. The van der Waals surface area contributed by atoms with Crippen molar-refractivity contribution in [2.75, 3.05) is 33.4 Å². The molecular weight excluding hydrogens is 273 g/mol. The number of rotatable bonds is 5. The van der Waals surface area contributed by atoms with E-state index in [1.54, 1.807) is 7.11 Å². The first-order chi connectivity index (χ1) is 9.61. The molecule has 0 radical (unpaired) electrons. The van der Waals surface area contributed by atoms with Gasteiger partial charge in [0.1, 0.15) is 0 Å². The highest BCUT2D eigenvalue weighted by atomic mass is 31.2. The van der Waals surface area contributed by atoms with Crippen molar-refractivity contribution in [3.05, 3.63) is 0 Å². The molecule has 20 heavy (non-hydrogen) atoms. The third-order valence-corrected chi connectivity index (χ3v) is 6.19. The van der Waals surface area contributed by atoms with Gasteiger partial charge in [-0.05, 0) is 30.6 Å². The van der Waals surface area contributed by atoms with Crippen LogP contribution in [0.1, 0.15) is 40.0 Å². The van der Waals surface area contributed by atoms with Gasteiger partial charge in [0.25, 0.3) is 8.53 Å². The molecule has 1 aliphatic heterocycles. The van der Waals surface area contributed by atoms with Crippen LogP contribution in [0.3, 0.4) is 0 Å². The summed E-state index contributed by atoms with van der Waals surface area (Å²) in [5, 5.41) is 0. The third-order valence-electron chi connectivity index (χ3n) is 4.56. The second-order valence-corrected chi connectivity index (χ2v) is 8.07. The van der Waals surface area contributed by atoms with Gasteiger partial charge >= 0.3 is 0 Å². The van der Waals surface area contributed by atoms with Crippen molar-refractivity contribution in [3.63, 3.8) is 0 Å². The number of hydrogen-bond donors (Lipinski definition) is 0. The molecule has 5 heteroatoms. The van der Waals surface area contributed by atoms with Crippen molar-refractivity contribution in [1.82, 2.24) is 4.67 Å². The Morgan fingerprint density at radius 1 is 1.20 bits per heavy atom. The molecular formula is C15H30NO3P. The number of nitrogens with zero attached hydrogens (tertiary/aromatic N) is 1. The van der Waals surface area contributed by atoms with Crippen LogP contribution in [-0.4, -0.2) is 44.2 Å². The van der Waals surface area contributed by atoms with Gasteiger partial charge in [-0.25, -0.2) is 4.67 Å². The molecule has 0 spiro atoms. The van der Waals surface area contributed by atoms with Crippen LogP contribution in [-0.2, 0) is 13.8 Å². The average molecular weight is 303 g/mol. The summed E-state index contributed by atoms with van der Waals surface area (Å²) in [7, 11) is 0.859. The van der Waals surface area contributed by atoms with Crippen LogP contribution in [0.5, 0.6) is 0 Å². The van der Waals surface area contributed by atoms with Crippen LogP contribution in [0.25, 0.3) is 0 Å². The van der Waals surface area contributed by atoms with E-state index >= 15 is 0 Å². The Morgan fingerprint density at radius 2 is 1.90 bits per heavy atom. The Kier molecular flexibility index (Phi) is 6.70. The lowest BCUT2D eigenvalue weighted by Gasteiger charge is -2.40. The monoisotopic (exact) mass is 303 g/mol. The van der Waals surface area contributed by atoms with Gasteiger partial charge in [0.2, 0.25) is 0 Å². The molecule has 0 amide bonds. The maximum atomic E-state index is 6.44. The molecule has 0 bridgehead atoms. The van der Waals surface area contributed by atoms with E-state index < -0.39 is 8.53 Å². The molecule has 4 atom stereocenters. The van der Waals surface area contributed by atoms with E-state index in [2.05, 4.69) is 25.4 Å². The van der Waals surface area contributed by atoms with Gasteiger partial charge in [0.15, 0.2) is 0 Å². The number of hydrogen-bond acceptors (Lipinski definition) is 4. The lowest BCUT2D eigenvalue weighted by atomic mass is 9.75. The SMILES string of the molecule is COP(O[C@@H]1C[C@H](C)CC[C@H]1C(C)C)N1CCOCC1. The zero-order chi connectivity index (χ0) is 14.5. The topological polar surface area (TPSA) is 30.9 Å². The van der Waals surface area contributed by atoms with Gasteiger partial charge in [0.05, 0.1) is 19.3 Å². The highest BCUT2D eigenvalue weighted by molar-refractivity contribution is 7.44. The normalized spacial score (nSPS) is 34.4. The fourth-order valence-electron chi connectivity index (χ4n) is 3.29. The Bertz CT molecular complexity index is 284. The zero-order valence-electron chi connectivity index (χ0n) is 13.4. The van der Waals surface area contributed by atoms with E-state index in [0.29, 0.717) is 17.9 Å². The summed E-state index contributed by atoms with van der Waals surface area (Å²) < 4.78 is 19.8. The molecule has 2 aliphatic rings. The molecule has 2 rings (SSSR count). The molecule has 4 nitrogen and oxygen atoms in total. The standard InChI is InChI=1S/C15H30NO3P/c1-12(2)14-6-5-13(3)11-15(14)19-20(17-4)16-7-9-18-10-8-16/h12-15H,5-11H2,1-4H3/t13-,14+,15-,20?/m1/s1. The first-order valence-corrected chi connectivity index (χ1v) is 9.08. The van der Waals surface area contributed by atoms with E-state index in [9.17, 15) is 0 Å². The molecule has 1 unspecified atom stereocenters. The predicted molar refractivity (Wildman–Crippen MR) is 82.5 cm³/mol. The van der Waals surface area contributed by atoms with Crippen LogP contribution < -0.4 is 0 Å². The van der Waals surface area contributed by atoms with Gasteiger partial charge in [-0.1, -0.05) is 27.2 Å². The average Bonchev–Trinajstić information content (AvgIpc) is 2.45. The Morgan fingerprint density at radius 3 is 2.50 bits per heavy atom. The maximum Gasteiger partial charge on any atom is 0.258 e. The summed E-state index contributed by atoms with van der Waals surface area (Å²) in [5.41, 5.74) is 0. The summed E-state index contributed by atoms with van der Waals surface area (Å²) in [6.07, 6.45) is 4.16. The summed E-state index contributed by atoms with van der Waals surface area (Å²) >= 11 is 0. The molecule has 0 N–H and O–H groups in total. The first-order valence-electron chi connectivity index (χ1n) is 7.95. The minimum absolute atomic E-state index is 0.354. The van der Waals surface area contributed by atoms with Crippen molar-refractivity contribution >= 4 is 8.53 Å². The van der Waals surface area contributed by atoms with Gasteiger partial charge in [-0.3, -0.25) is 0 Å². The molecule has 118 valence electrons. The molecule has 1 saturated carbocycles. The Balaban J connectivity index is 1.95. The zero-order valence-corrected chi connectivity index (χ0v) is 14.3. The molecule has 1 aliphatic carbocycles. The number of morpholine rings is 1.